The molecular weight excluding hydrogens is 280 g/mol. The summed E-state index contributed by atoms with van der Waals surface area (Å²) in [5, 5.41) is 8.48. The van der Waals surface area contributed by atoms with Crippen LogP contribution in [0, 0.1) is 5.92 Å². The van der Waals surface area contributed by atoms with E-state index in [1.807, 2.05) is 12.1 Å². The fraction of sp³-hybridized carbons (Fsp3) is 0.667. The fourth-order valence-electron chi connectivity index (χ4n) is 4.17. The predicted molar refractivity (Wildman–Crippen MR) is 89.9 cm³/mol. The van der Waals surface area contributed by atoms with Gasteiger partial charge in [-0.2, -0.15) is 0 Å². The SMILES string of the molecule is CC(Cc1ccccc1Cl)NC1CCCC1C1CCCN1. The summed E-state index contributed by atoms with van der Waals surface area (Å²) < 4.78 is 0. The second-order valence-electron chi connectivity index (χ2n) is 6.77. The minimum absolute atomic E-state index is 0.483. The van der Waals surface area contributed by atoms with Gasteiger partial charge in [0.2, 0.25) is 0 Å². The summed E-state index contributed by atoms with van der Waals surface area (Å²) in [5.41, 5.74) is 1.26. The lowest BCUT2D eigenvalue weighted by molar-refractivity contribution is 0.301. The molecule has 1 aliphatic heterocycles. The lowest BCUT2D eigenvalue weighted by atomic mass is 9.92. The van der Waals surface area contributed by atoms with Crippen LogP contribution in [0.4, 0.5) is 0 Å². The summed E-state index contributed by atoms with van der Waals surface area (Å²) in [7, 11) is 0. The summed E-state index contributed by atoms with van der Waals surface area (Å²) in [6.45, 7) is 3.50. The van der Waals surface area contributed by atoms with E-state index < -0.39 is 0 Å². The first-order valence-corrected chi connectivity index (χ1v) is 8.84. The third kappa shape index (κ3) is 3.80. The average molecular weight is 307 g/mol. The Morgan fingerprint density at radius 3 is 2.86 bits per heavy atom. The predicted octanol–water partition coefficient (Wildman–Crippen LogP) is 3.78. The van der Waals surface area contributed by atoms with Crippen LogP contribution in [-0.4, -0.2) is 24.7 Å². The molecule has 0 radical (unpaired) electrons. The van der Waals surface area contributed by atoms with Crippen LogP contribution in [0.15, 0.2) is 24.3 Å². The van der Waals surface area contributed by atoms with Crippen molar-refractivity contribution in [2.75, 3.05) is 6.54 Å². The van der Waals surface area contributed by atoms with E-state index in [4.69, 9.17) is 11.6 Å². The molecule has 2 N–H and O–H groups in total. The number of hydrogen-bond acceptors (Lipinski definition) is 2. The zero-order chi connectivity index (χ0) is 14.7. The van der Waals surface area contributed by atoms with Crippen molar-refractivity contribution in [2.24, 2.45) is 5.92 Å². The van der Waals surface area contributed by atoms with Crippen LogP contribution < -0.4 is 10.6 Å². The first kappa shape index (κ1) is 15.3. The van der Waals surface area contributed by atoms with Crippen molar-refractivity contribution < 1.29 is 0 Å². The standard InChI is InChI=1S/C18H27ClN2/c1-13(12-14-6-2-3-8-16(14)19)21-18-9-4-7-15(18)17-10-5-11-20-17/h2-3,6,8,13,15,17-18,20-21H,4-5,7,9-12H2,1H3. The number of benzene rings is 1. The molecule has 1 saturated carbocycles. The van der Waals surface area contributed by atoms with Gasteiger partial charge in [-0.15, -0.1) is 0 Å². The molecule has 0 aromatic heterocycles. The van der Waals surface area contributed by atoms with E-state index >= 15 is 0 Å². The monoisotopic (exact) mass is 306 g/mol. The summed E-state index contributed by atoms with van der Waals surface area (Å²) in [6, 6.07) is 10.1. The smallest absolute Gasteiger partial charge is 0.0438 e. The van der Waals surface area contributed by atoms with E-state index in [1.165, 1.54) is 44.2 Å². The highest BCUT2D eigenvalue weighted by Gasteiger charge is 2.35. The Balaban J connectivity index is 1.56. The lowest BCUT2D eigenvalue weighted by Crippen LogP contribution is -2.45. The van der Waals surface area contributed by atoms with Gasteiger partial charge in [-0.25, -0.2) is 0 Å². The molecule has 2 aliphatic rings. The van der Waals surface area contributed by atoms with Crippen LogP contribution in [0.1, 0.15) is 44.6 Å². The van der Waals surface area contributed by atoms with Crippen molar-refractivity contribution in [1.82, 2.24) is 10.6 Å². The van der Waals surface area contributed by atoms with Crippen molar-refractivity contribution in [2.45, 2.75) is 63.6 Å². The Bertz CT molecular complexity index is 456. The molecule has 0 bridgehead atoms. The van der Waals surface area contributed by atoms with Gasteiger partial charge in [0.25, 0.3) is 0 Å². The maximum Gasteiger partial charge on any atom is 0.0438 e. The second-order valence-corrected chi connectivity index (χ2v) is 7.17. The van der Waals surface area contributed by atoms with Crippen molar-refractivity contribution in [3.05, 3.63) is 34.9 Å². The molecule has 3 rings (SSSR count). The van der Waals surface area contributed by atoms with E-state index in [-0.39, 0.29) is 0 Å². The summed E-state index contributed by atoms with van der Waals surface area (Å²) in [6.07, 6.45) is 7.81. The van der Waals surface area contributed by atoms with Crippen molar-refractivity contribution >= 4 is 11.6 Å². The molecule has 1 aromatic carbocycles. The van der Waals surface area contributed by atoms with E-state index in [0.29, 0.717) is 12.1 Å². The van der Waals surface area contributed by atoms with Gasteiger partial charge in [0.1, 0.15) is 0 Å². The van der Waals surface area contributed by atoms with Crippen molar-refractivity contribution in [1.29, 1.82) is 0 Å². The zero-order valence-corrected chi connectivity index (χ0v) is 13.7. The van der Waals surface area contributed by atoms with Crippen molar-refractivity contribution in [3.63, 3.8) is 0 Å². The Kier molecular flexibility index (Phi) is 5.20. The molecule has 116 valence electrons. The summed E-state index contributed by atoms with van der Waals surface area (Å²) in [4.78, 5) is 0. The normalized spacial score (nSPS) is 30.7. The molecule has 1 heterocycles. The first-order chi connectivity index (χ1) is 10.2. The molecule has 2 fully saturated rings. The Labute approximate surface area is 133 Å². The van der Waals surface area contributed by atoms with E-state index in [1.54, 1.807) is 0 Å². The molecule has 4 atom stereocenters. The molecule has 1 aromatic rings. The summed E-state index contributed by atoms with van der Waals surface area (Å²) in [5.74, 6) is 0.821. The van der Waals surface area contributed by atoms with Crippen LogP contribution >= 0.6 is 11.6 Å². The number of hydrogen-bond donors (Lipinski definition) is 2. The van der Waals surface area contributed by atoms with Gasteiger partial charge in [-0.1, -0.05) is 36.2 Å². The second kappa shape index (κ2) is 7.13. The number of halogens is 1. The molecular formula is C18H27ClN2. The van der Waals surface area contributed by atoms with Crippen LogP contribution in [-0.2, 0) is 6.42 Å². The van der Waals surface area contributed by atoms with Gasteiger partial charge in [-0.05, 0) is 63.1 Å². The van der Waals surface area contributed by atoms with Gasteiger partial charge >= 0.3 is 0 Å². The zero-order valence-electron chi connectivity index (χ0n) is 12.9. The lowest BCUT2D eigenvalue weighted by Gasteiger charge is -2.29. The minimum atomic E-state index is 0.483. The molecule has 1 aliphatic carbocycles. The van der Waals surface area contributed by atoms with E-state index in [0.717, 1.165) is 23.4 Å². The van der Waals surface area contributed by atoms with Crippen LogP contribution in [0.2, 0.25) is 5.02 Å². The Morgan fingerprint density at radius 2 is 2.10 bits per heavy atom. The number of nitrogens with one attached hydrogen (secondary N) is 2. The molecule has 3 heteroatoms. The van der Waals surface area contributed by atoms with Crippen molar-refractivity contribution in [3.8, 4) is 0 Å². The minimum Gasteiger partial charge on any atom is -0.314 e. The third-order valence-corrected chi connectivity index (χ3v) is 5.54. The van der Waals surface area contributed by atoms with Gasteiger partial charge in [0.05, 0.1) is 0 Å². The molecule has 0 amide bonds. The number of rotatable bonds is 5. The largest absolute Gasteiger partial charge is 0.314 e. The molecule has 1 saturated heterocycles. The Morgan fingerprint density at radius 1 is 1.24 bits per heavy atom. The highest BCUT2D eigenvalue weighted by atomic mass is 35.5. The van der Waals surface area contributed by atoms with E-state index in [9.17, 15) is 0 Å². The quantitative estimate of drug-likeness (QED) is 0.865. The highest BCUT2D eigenvalue weighted by molar-refractivity contribution is 6.31. The van der Waals surface area contributed by atoms with Crippen LogP contribution in [0.25, 0.3) is 0 Å². The van der Waals surface area contributed by atoms with E-state index in [2.05, 4.69) is 29.7 Å². The maximum absolute atomic E-state index is 6.28. The molecule has 4 unspecified atom stereocenters. The Hall–Kier alpha value is -0.570. The maximum atomic E-state index is 6.28. The first-order valence-electron chi connectivity index (χ1n) is 8.47. The van der Waals surface area contributed by atoms with Gasteiger partial charge < -0.3 is 10.6 Å². The molecule has 21 heavy (non-hydrogen) atoms. The van der Waals surface area contributed by atoms with Crippen LogP contribution in [0.3, 0.4) is 0 Å². The molecule has 0 spiro atoms. The van der Waals surface area contributed by atoms with Gasteiger partial charge in [0, 0.05) is 23.1 Å². The average Bonchev–Trinajstić information content (AvgIpc) is 3.11. The van der Waals surface area contributed by atoms with Crippen LogP contribution in [0.5, 0.6) is 0 Å². The third-order valence-electron chi connectivity index (χ3n) is 5.17. The fourth-order valence-corrected chi connectivity index (χ4v) is 4.39. The van der Waals surface area contributed by atoms with Gasteiger partial charge in [0.15, 0.2) is 0 Å². The highest BCUT2D eigenvalue weighted by Crippen LogP contribution is 2.32. The van der Waals surface area contributed by atoms with Gasteiger partial charge in [-0.3, -0.25) is 0 Å². The molecule has 2 nitrogen and oxygen atoms in total. The topological polar surface area (TPSA) is 24.1 Å². The summed E-state index contributed by atoms with van der Waals surface area (Å²) >= 11 is 6.28.